The largest absolute Gasteiger partial charge is 0.340 e. The van der Waals surface area contributed by atoms with Gasteiger partial charge >= 0.3 is 0 Å². The number of carbonyl (C=O) groups excluding carboxylic acids is 1. The molecular weight excluding hydrogens is 238 g/mol. The molecule has 4 nitrogen and oxygen atoms in total. The monoisotopic (exact) mass is 267 g/mol. The third-order valence-corrected chi connectivity index (χ3v) is 4.87. The van der Waals surface area contributed by atoms with Crippen LogP contribution in [0.4, 0.5) is 0 Å². The predicted molar refractivity (Wildman–Crippen MR) is 77.8 cm³/mol. The Bertz CT molecular complexity index is 308. The van der Waals surface area contributed by atoms with Crippen LogP contribution in [0, 0.1) is 5.92 Å². The lowest BCUT2D eigenvalue weighted by Crippen LogP contribution is -2.56. The summed E-state index contributed by atoms with van der Waals surface area (Å²) in [6.45, 7) is 8.23. The zero-order valence-electron chi connectivity index (χ0n) is 12.5. The lowest BCUT2D eigenvalue weighted by molar-refractivity contribution is -0.139. The van der Waals surface area contributed by atoms with Crippen LogP contribution in [0.25, 0.3) is 0 Å². The van der Waals surface area contributed by atoms with Crippen LogP contribution in [-0.4, -0.2) is 54.0 Å². The van der Waals surface area contributed by atoms with Crippen molar-refractivity contribution in [1.29, 1.82) is 0 Å². The van der Waals surface area contributed by atoms with E-state index < -0.39 is 0 Å². The zero-order valence-corrected chi connectivity index (χ0v) is 12.5. The van der Waals surface area contributed by atoms with Gasteiger partial charge in [-0.05, 0) is 26.3 Å². The molecule has 0 bridgehead atoms. The highest BCUT2D eigenvalue weighted by molar-refractivity contribution is 5.79. The molecular formula is C15H29N3O. The summed E-state index contributed by atoms with van der Waals surface area (Å²) < 4.78 is 0. The van der Waals surface area contributed by atoms with Crippen LogP contribution >= 0.6 is 0 Å². The third-order valence-electron chi connectivity index (χ3n) is 4.87. The molecule has 1 amide bonds. The Balaban J connectivity index is 1.95. The number of nitrogens with two attached hydrogens (primary N) is 1. The van der Waals surface area contributed by atoms with Gasteiger partial charge in [-0.3, -0.25) is 9.69 Å². The van der Waals surface area contributed by atoms with E-state index in [1.165, 1.54) is 12.8 Å². The fraction of sp³-hybridized carbons (Fsp3) is 0.933. The fourth-order valence-electron chi connectivity index (χ4n) is 3.54. The molecule has 0 spiro atoms. The van der Waals surface area contributed by atoms with Crippen molar-refractivity contribution >= 4 is 5.91 Å². The van der Waals surface area contributed by atoms with Crippen LogP contribution in [0.2, 0.25) is 0 Å². The van der Waals surface area contributed by atoms with E-state index in [2.05, 4.69) is 23.6 Å². The number of likely N-dealkylation sites (N-methyl/N-ethyl adjacent to an activating group) is 1. The third kappa shape index (κ3) is 3.48. The molecule has 0 aromatic carbocycles. The summed E-state index contributed by atoms with van der Waals surface area (Å²) in [6, 6.07) is 0.555. The predicted octanol–water partition coefficient (Wildman–Crippen LogP) is 1.45. The van der Waals surface area contributed by atoms with Crippen LogP contribution < -0.4 is 5.73 Å². The molecule has 0 aromatic rings. The molecule has 1 heterocycles. The van der Waals surface area contributed by atoms with Gasteiger partial charge in [0.25, 0.3) is 0 Å². The maximum atomic E-state index is 12.7. The molecule has 3 unspecified atom stereocenters. The van der Waals surface area contributed by atoms with Crippen LogP contribution in [0.5, 0.6) is 0 Å². The van der Waals surface area contributed by atoms with Crippen molar-refractivity contribution in [2.24, 2.45) is 11.7 Å². The second-order valence-electron chi connectivity index (χ2n) is 6.17. The molecule has 1 saturated carbocycles. The Kier molecular flexibility index (Phi) is 5.22. The average molecular weight is 267 g/mol. The van der Waals surface area contributed by atoms with Gasteiger partial charge in [-0.25, -0.2) is 0 Å². The first kappa shape index (κ1) is 14.8. The standard InChI is InChI=1S/C15H29N3O/c1-3-17-9-10-18(11-12(17)2)15(19)13-7-5-4-6-8-14(13)16/h12-14H,3-11,16H2,1-2H3. The molecule has 110 valence electrons. The topological polar surface area (TPSA) is 49.6 Å². The van der Waals surface area contributed by atoms with E-state index in [1.807, 2.05) is 0 Å². The highest BCUT2D eigenvalue weighted by Gasteiger charge is 2.33. The van der Waals surface area contributed by atoms with E-state index in [-0.39, 0.29) is 12.0 Å². The van der Waals surface area contributed by atoms with Crippen LogP contribution in [0.15, 0.2) is 0 Å². The first-order valence-corrected chi connectivity index (χ1v) is 7.92. The summed E-state index contributed by atoms with van der Waals surface area (Å²) in [6.07, 6.45) is 5.58. The molecule has 1 saturated heterocycles. The summed E-state index contributed by atoms with van der Waals surface area (Å²) in [5, 5.41) is 0. The van der Waals surface area contributed by atoms with Crippen molar-refractivity contribution in [2.75, 3.05) is 26.2 Å². The van der Waals surface area contributed by atoms with Crippen LogP contribution in [0.1, 0.15) is 46.0 Å². The number of carbonyl (C=O) groups is 1. The van der Waals surface area contributed by atoms with Gasteiger partial charge in [-0.2, -0.15) is 0 Å². The minimum absolute atomic E-state index is 0.0721. The number of amides is 1. The lowest BCUT2D eigenvalue weighted by atomic mass is 9.93. The molecule has 0 radical (unpaired) electrons. The molecule has 2 fully saturated rings. The van der Waals surface area contributed by atoms with E-state index in [1.54, 1.807) is 0 Å². The number of nitrogens with zero attached hydrogens (tertiary/aromatic N) is 2. The Labute approximate surface area is 117 Å². The Hall–Kier alpha value is -0.610. The van der Waals surface area contributed by atoms with Gasteiger partial charge < -0.3 is 10.6 Å². The first-order chi connectivity index (χ1) is 9.13. The average Bonchev–Trinajstić information content (AvgIpc) is 2.62. The summed E-state index contributed by atoms with van der Waals surface area (Å²) in [5.74, 6) is 0.389. The summed E-state index contributed by atoms with van der Waals surface area (Å²) in [7, 11) is 0. The summed E-state index contributed by atoms with van der Waals surface area (Å²) in [4.78, 5) is 17.2. The highest BCUT2D eigenvalue weighted by atomic mass is 16.2. The van der Waals surface area contributed by atoms with Crippen molar-refractivity contribution in [1.82, 2.24) is 9.80 Å². The maximum absolute atomic E-state index is 12.7. The maximum Gasteiger partial charge on any atom is 0.227 e. The van der Waals surface area contributed by atoms with E-state index in [4.69, 9.17) is 5.73 Å². The Morgan fingerprint density at radius 3 is 2.63 bits per heavy atom. The van der Waals surface area contributed by atoms with Gasteiger partial charge in [0.15, 0.2) is 0 Å². The molecule has 1 aliphatic carbocycles. The second-order valence-corrected chi connectivity index (χ2v) is 6.17. The SMILES string of the molecule is CCN1CCN(C(=O)C2CCCCCC2N)CC1C. The first-order valence-electron chi connectivity index (χ1n) is 7.92. The summed E-state index contributed by atoms with van der Waals surface area (Å²) in [5.41, 5.74) is 6.22. The van der Waals surface area contributed by atoms with Gasteiger partial charge in [-0.1, -0.05) is 26.2 Å². The molecule has 19 heavy (non-hydrogen) atoms. The van der Waals surface area contributed by atoms with E-state index in [0.717, 1.165) is 45.4 Å². The van der Waals surface area contributed by atoms with Gasteiger partial charge in [0.05, 0.1) is 5.92 Å². The Morgan fingerprint density at radius 2 is 1.95 bits per heavy atom. The molecule has 2 rings (SSSR count). The van der Waals surface area contributed by atoms with Crippen molar-refractivity contribution < 1.29 is 4.79 Å². The molecule has 0 aromatic heterocycles. The number of piperazine rings is 1. The zero-order chi connectivity index (χ0) is 13.8. The van der Waals surface area contributed by atoms with Crippen molar-refractivity contribution in [3.05, 3.63) is 0 Å². The second kappa shape index (κ2) is 6.71. The molecule has 1 aliphatic heterocycles. The molecule has 4 heteroatoms. The summed E-state index contributed by atoms with van der Waals surface area (Å²) >= 11 is 0. The van der Waals surface area contributed by atoms with Crippen molar-refractivity contribution in [3.63, 3.8) is 0 Å². The molecule has 2 aliphatic rings. The normalized spacial score (nSPS) is 34.1. The van der Waals surface area contributed by atoms with Gasteiger partial charge in [0.2, 0.25) is 5.91 Å². The number of hydrogen-bond donors (Lipinski definition) is 1. The molecule has 3 atom stereocenters. The minimum atomic E-state index is 0.0721. The van der Waals surface area contributed by atoms with Gasteiger partial charge in [-0.15, -0.1) is 0 Å². The molecule has 2 N–H and O–H groups in total. The number of rotatable bonds is 2. The van der Waals surface area contributed by atoms with Crippen LogP contribution in [0.3, 0.4) is 0 Å². The quantitative estimate of drug-likeness (QED) is 0.770. The fourth-order valence-corrected chi connectivity index (χ4v) is 3.54. The minimum Gasteiger partial charge on any atom is -0.340 e. The van der Waals surface area contributed by atoms with E-state index in [0.29, 0.717) is 11.9 Å². The van der Waals surface area contributed by atoms with Crippen LogP contribution in [-0.2, 0) is 4.79 Å². The Morgan fingerprint density at radius 1 is 1.21 bits per heavy atom. The van der Waals surface area contributed by atoms with Gasteiger partial charge in [0, 0.05) is 31.7 Å². The highest BCUT2D eigenvalue weighted by Crippen LogP contribution is 2.25. The number of hydrogen-bond acceptors (Lipinski definition) is 3. The van der Waals surface area contributed by atoms with Crippen molar-refractivity contribution in [2.45, 2.75) is 58.0 Å². The van der Waals surface area contributed by atoms with E-state index >= 15 is 0 Å². The smallest absolute Gasteiger partial charge is 0.227 e. The van der Waals surface area contributed by atoms with Gasteiger partial charge in [0.1, 0.15) is 0 Å². The van der Waals surface area contributed by atoms with E-state index in [9.17, 15) is 4.79 Å². The van der Waals surface area contributed by atoms with Crippen molar-refractivity contribution in [3.8, 4) is 0 Å². The lowest BCUT2D eigenvalue weighted by Gasteiger charge is -2.41.